The van der Waals surface area contributed by atoms with Crippen LogP contribution in [-0.4, -0.2) is 4.98 Å². The fourth-order valence-electron chi connectivity index (χ4n) is 4.96. The highest BCUT2D eigenvalue weighted by Gasteiger charge is 2.39. The molecular formula is C24H29N3. The predicted octanol–water partition coefficient (Wildman–Crippen LogP) is 5.17. The number of aromatic nitrogens is 1. The minimum Gasteiger partial charge on any atom is -0.326 e. The molecule has 3 atom stereocenters. The quantitative estimate of drug-likeness (QED) is 0.810. The molecule has 1 saturated carbocycles. The third kappa shape index (κ3) is 3.28. The number of fused-ring (bicyclic) bond motifs is 1. The fraction of sp³-hybridized carbons (Fsp3) is 0.500. The number of allylic oxidation sites excluding steroid dienone is 6. The van der Waals surface area contributed by atoms with Crippen LogP contribution in [0.5, 0.6) is 0 Å². The van der Waals surface area contributed by atoms with E-state index in [2.05, 4.69) is 38.1 Å². The maximum atomic E-state index is 10.1. The molecule has 3 unspecified atom stereocenters. The molecule has 1 heterocycles. The van der Waals surface area contributed by atoms with Gasteiger partial charge in [-0.05, 0) is 64.9 Å². The Balaban J connectivity index is 1.85. The van der Waals surface area contributed by atoms with Gasteiger partial charge in [0.1, 0.15) is 6.07 Å². The summed E-state index contributed by atoms with van der Waals surface area (Å²) in [5.41, 5.74) is 12.3. The zero-order chi connectivity index (χ0) is 19.0. The number of hydrogen-bond donors (Lipinski definition) is 1. The van der Waals surface area contributed by atoms with E-state index in [1.165, 1.54) is 30.4 Å². The second-order valence-electron chi connectivity index (χ2n) is 8.52. The molecule has 140 valence electrons. The maximum absolute atomic E-state index is 10.1. The molecule has 3 heteroatoms. The van der Waals surface area contributed by atoms with E-state index in [0.717, 1.165) is 41.2 Å². The molecule has 1 aromatic heterocycles. The fourth-order valence-corrected chi connectivity index (χ4v) is 4.96. The van der Waals surface area contributed by atoms with Gasteiger partial charge in [0.05, 0.1) is 11.3 Å². The Hall–Kier alpha value is -2.18. The molecule has 3 aliphatic carbocycles. The van der Waals surface area contributed by atoms with Crippen molar-refractivity contribution in [2.75, 3.05) is 0 Å². The lowest BCUT2D eigenvalue weighted by atomic mass is 9.67. The van der Waals surface area contributed by atoms with Crippen LogP contribution in [0.25, 0.3) is 5.57 Å². The molecule has 0 amide bonds. The van der Waals surface area contributed by atoms with Crippen molar-refractivity contribution in [1.82, 2.24) is 4.98 Å². The Kier molecular flexibility index (Phi) is 5.02. The normalized spacial score (nSPS) is 28.4. The van der Waals surface area contributed by atoms with Gasteiger partial charge in [-0.15, -0.1) is 0 Å². The molecular weight excluding hydrogens is 330 g/mol. The van der Waals surface area contributed by atoms with E-state index in [1.807, 2.05) is 12.3 Å². The first kappa shape index (κ1) is 18.2. The lowest BCUT2D eigenvalue weighted by Crippen LogP contribution is -2.28. The van der Waals surface area contributed by atoms with Crippen LogP contribution in [0.2, 0.25) is 0 Å². The van der Waals surface area contributed by atoms with Crippen molar-refractivity contribution in [2.24, 2.45) is 29.4 Å². The van der Waals surface area contributed by atoms with Gasteiger partial charge < -0.3 is 5.73 Å². The summed E-state index contributed by atoms with van der Waals surface area (Å²) in [7, 11) is 0. The number of nitriles is 1. The van der Waals surface area contributed by atoms with Gasteiger partial charge in [-0.2, -0.15) is 5.26 Å². The Bertz CT molecular complexity index is 847. The van der Waals surface area contributed by atoms with Crippen LogP contribution in [0.1, 0.15) is 57.2 Å². The van der Waals surface area contributed by atoms with Crippen molar-refractivity contribution in [1.29, 1.82) is 5.26 Å². The minimum absolute atomic E-state index is 0.494. The third-order valence-electron chi connectivity index (χ3n) is 6.85. The summed E-state index contributed by atoms with van der Waals surface area (Å²) in [5, 5.41) is 10.1. The van der Waals surface area contributed by atoms with Gasteiger partial charge in [0.15, 0.2) is 0 Å². The summed E-state index contributed by atoms with van der Waals surface area (Å²) in [6.07, 6.45) is 12.5. The summed E-state index contributed by atoms with van der Waals surface area (Å²) < 4.78 is 0. The zero-order valence-corrected chi connectivity index (χ0v) is 16.4. The number of hydrogen-bond acceptors (Lipinski definition) is 3. The van der Waals surface area contributed by atoms with Gasteiger partial charge in [0.2, 0.25) is 0 Å². The van der Waals surface area contributed by atoms with Gasteiger partial charge in [-0.3, -0.25) is 4.98 Å². The molecule has 2 N–H and O–H groups in total. The summed E-state index contributed by atoms with van der Waals surface area (Å²) in [6, 6.07) is 6.66. The van der Waals surface area contributed by atoms with Crippen LogP contribution >= 0.6 is 0 Å². The molecule has 3 aliphatic rings. The van der Waals surface area contributed by atoms with E-state index in [-0.39, 0.29) is 0 Å². The van der Waals surface area contributed by atoms with Crippen LogP contribution in [0.15, 0.2) is 47.2 Å². The standard InChI is InChI=1S/C24H29N3/c1-15-6-8-19-21(10-15)16(2)20(18-4-3-5-18)11-22(23(19)13-26)24-9-7-17(12-25)14-27-24/h7-10,14-16,18,20H,3-6,11-12,25H2,1-2H3. The SMILES string of the molecule is CC1C=C2C(=CC1)C(C#N)=C(c1ccc(CN)cn1)CC(C1CCC1)C2C. The van der Waals surface area contributed by atoms with Crippen molar-refractivity contribution in [3.63, 3.8) is 0 Å². The smallest absolute Gasteiger partial charge is 0.100 e. The topological polar surface area (TPSA) is 62.7 Å². The molecule has 1 aromatic rings. The summed E-state index contributed by atoms with van der Waals surface area (Å²) >= 11 is 0. The molecule has 4 rings (SSSR count). The molecule has 0 bridgehead atoms. The monoisotopic (exact) mass is 359 g/mol. The highest BCUT2D eigenvalue weighted by Crippen LogP contribution is 2.50. The summed E-state index contributed by atoms with van der Waals surface area (Å²) in [4.78, 5) is 4.69. The third-order valence-corrected chi connectivity index (χ3v) is 6.85. The maximum Gasteiger partial charge on any atom is 0.100 e. The van der Waals surface area contributed by atoms with Crippen molar-refractivity contribution < 1.29 is 0 Å². The van der Waals surface area contributed by atoms with Crippen LogP contribution in [0.3, 0.4) is 0 Å². The number of nitrogens with zero attached hydrogens (tertiary/aromatic N) is 2. The number of pyridine rings is 1. The van der Waals surface area contributed by atoms with Gasteiger partial charge in [0.25, 0.3) is 0 Å². The molecule has 3 nitrogen and oxygen atoms in total. The van der Waals surface area contributed by atoms with E-state index in [4.69, 9.17) is 10.7 Å². The average molecular weight is 360 g/mol. The second kappa shape index (κ2) is 7.44. The molecule has 0 spiro atoms. The van der Waals surface area contributed by atoms with Crippen LogP contribution in [-0.2, 0) is 6.54 Å². The van der Waals surface area contributed by atoms with Crippen molar-refractivity contribution >= 4 is 5.57 Å². The average Bonchev–Trinajstić information content (AvgIpc) is 2.76. The Morgan fingerprint density at radius 2 is 2.07 bits per heavy atom. The van der Waals surface area contributed by atoms with Crippen LogP contribution in [0, 0.1) is 35.0 Å². The van der Waals surface area contributed by atoms with Gasteiger partial charge in [-0.1, -0.05) is 51.3 Å². The molecule has 0 aliphatic heterocycles. The highest BCUT2D eigenvalue weighted by atomic mass is 14.7. The van der Waals surface area contributed by atoms with E-state index < -0.39 is 0 Å². The van der Waals surface area contributed by atoms with Crippen molar-refractivity contribution in [2.45, 2.75) is 52.5 Å². The molecule has 1 fully saturated rings. The largest absolute Gasteiger partial charge is 0.326 e. The highest BCUT2D eigenvalue weighted by molar-refractivity contribution is 5.78. The van der Waals surface area contributed by atoms with Crippen LogP contribution < -0.4 is 5.73 Å². The van der Waals surface area contributed by atoms with E-state index in [9.17, 15) is 5.26 Å². The number of nitrogens with two attached hydrogens (primary N) is 1. The van der Waals surface area contributed by atoms with Gasteiger partial charge in [0, 0.05) is 12.7 Å². The lowest BCUT2D eigenvalue weighted by Gasteiger charge is -2.38. The van der Waals surface area contributed by atoms with E-state index in [0.29, 0.717) is 24.3 Å². The first-order valence-electron chi connectivity index (χ1n) is 10.3. The van der Waals surface area contributed by atoms with Crippen LogP contribution in [0.4, 0.5) is 0 Å². The number of rotatable bonds is 3. The Labute approximate surface area is 162 Å². The molecule has 0 saturated heterocycles. The van der Waals surface area contributed by atoms with Gasteiger partial charge in [-0.25, -0.2) is 0 Å². The van der Waals surface area contributed by atoms with E-state index >= 15 is 0 Å². The Morgan fingerprint density at radius 1 is 1.26 bits per heavy atom. The minimum atomic E-state index is 0.494. The first-order chi connectivity index (χ1) is 13.1. The first-order valence-corrected chi connectivity index (χ1v) is 10.3. The van der Waals surface area contributed by atoms with Gasteiger partial charge >= 0.3 is 0 Å². The van der Waals surface area contributed by atoms with Crippen molar-refractivity contribution in [3.8, 4) is 6.07 Å². The molecule has 27 heavy (non-hydrogen) atoms. The lowest BCUT2D eigenvalue weighted by molar-refractivity contribution is 0.172. The van der Waals surface area contributed by atoms with Crippen molar-refractivity contribution in [3.05, 3.63) is 58.5 Å². The van der Waals surface area contributed by atoms with E-state index in [1.54, 1.807) is 0 Å². The summed E-state index contributed by atoms with van der Waals surface area (Å²) in [5.74, 6) is 2.41. The molecule has 0 aromatic carbocycles. The Morgan fingerprint density at radius 3 is 2.67 bits per heavy atom. The predicted molar refractivity (Wildman–Crippen MR) is 109 cm³/mol. The zero-order valence-electron chi connectivity index (χ0n) is 16.4. The molecule has 0 radical (unpaired) electrons. The second-order valence-corrected chi connectivity index (χ2v) is 8.52. The summed E-state index contributed by atoms with van der Waals surface area (Å²) in [6.45, 7) is 5.15.